The molecule has 144 valence electrons. The van der Waals surface area contributed by atoms with E-state index < -0.39 is 0 Å². The van der Waals surface area contributed by atoms with E-state index in [1.54, 1.807) is 0 Å². The zero-order chi connectivity index (χ0) is 16.9. The first kappa shape index (κ1) is 22.9. The second kappa shape index (κ2) is 10.8. The van der Waals surface area contributed by atoms with Gasteiger partial charge in [0.05, 0.1) is 5.01 Å². The van der Waals surface area contributed by atoms with E-state index in [1.165, 1.54) is 16.9 Å². The predicted octanol–water partition coefficient (Wildman–Crippen LogP) is 2.83. The fourth-order valence-electron chi connectivity index (χ4n) is 3.11. The van der Waals surface area contributed by atoms with Crippen molar-refractivity contribution in [3.05, 3.63) is 52.0 Å². The number of thiazole rings is 1. The molecule has 2 heterocycles. The Balaban J connectivity index is 0.00000169. The van der Waals surface area contributed by atoms with Crippen LogP contribution in [0.2, 0.25) is 0 Å². The van der Waals surface area contributed by atoms with Crippen LogP contribution in [-0.4, -0.2) is 52.9 Å². The molecule has 1 aliphatic heterocycles. The van der Waals surface area contributed by atoms with Gasteiger partial charge in [-0.2, -0.15) is 0 Å². The van der Waals surface area contributed by atoms with Crippen molar-refractivity contribution < 1.29 is 4.79 Å². The Morgan fingerprint density at radius 1 is 1.27 bits per heavy atom. The minimum absolute atomic E-state index is 0. The van der Waals surface area contributed by atoms with E-state index in [0.717, 1.165) is 37.6 Å². The van der Waals surface area contributed by atoms with E-state index in [-0.39, 0.29) is 36.8 Å². The number of hydrogen-bond acceptors (Lipinski definition) is 5. The summed E-state index contributed by atoms with van der Waals surface area (Å²) >= 11 is 1.52. The van der Waals surface area contributed by atoms with E-state index in [9.17, 15) is 4.79 Å². The maximum atomic E-state index is 12.7. The van der Waals surface area contributed by atoms with Gasteiger partial charge in [0.25, 0.3) is 5.91 Å². The van der Waals surface area contributed by atoms with Crippen molar-refractivity contribution in [2.75, 3.05) is 26.2 Å². The minimum Gasteiger partial charge on any atom is -0.332 e. The van der Waals surface area contributed by atoms with Gasteiger partial charge in [0.1, 0.15) is 5.69 Å². The highest BCUT2D eigenvalue weighted by Crippen LogP contribution is 2.18. The van der Waals surface area contributed by atoms with Crippen LogP contribution in [0, 0.1) is 0 Å². The van der Waals surface area contributed by atoms with Crippen molar-refractivity contribution in [2.24, 2.45) is 5.73 Å². The van der Waals surface area contributed by atoms with E-state index in [2.05, 4.69) is 41.1 Å². The first-order valence-electron chi connectivity index (χ1n) is 8.39. The Hall–Kier alpha value is -1.18. The molecule has 1 amide bonds. The van der Waals surface area contributed by atoms with Crippen LogP contribution in [0.4, 0.5) is 0 Å². The number of piperazine rings is 1. The number of halogens is 2. The van der Waals surface area contributed by atoms with Crippen molar-refractivity contribution in [3.8, 4) is 0 Å². The summed E-state index contributed by atoms with van der Waals surface area (Å²) in [4.78, 5) is 21.5. The van der Waals surface area contributed by atoms with E-state index in [0.29, 0.717) is 12.2 Å². The molecule has 0 spiro atoms. The van der Waals surface area contributed by atoms with Gasteiger partial charge in [0.15, 0.2) is 0 Å². The molecule has 1 atom stereocenters. The lowest BCUT2D eigenvalue weighted by Crippen LogP contribution is -2.53. The Morgan fingerprint density at radius 3 is 2.65 bits per heavy atom. The lowest BCUT2D eigenvalue weighted by atomic mass is 10.1. The molecule has 26 heavy (non-hydrogen) atoms. The van der Waals surface area contributed by atoms with Gasteiger partial charge in [-0.25, -0.2) is 4.98 Å². The van der Waals surface area contributed by atoms with Crippen LogP contribution in [0.1, 0.15) is 28.0 Å². The zero-order valence-corrected chi connectivity index (χ0v) is 17.3. The van der Waals surface area contributed by atoms with Gasteiger partial charge in [0.2, 0.25) is 0 Å². The highest BCUT2D eigenvalue weighted by molar-refractivity contribution is 7.09. The van der Waals surface area contributed by atoms with Crippen molar-refractivity contribution >= 4 is 42.1 Å². The molecule has 1 aromatic heterocycles. The molecular formula is C18H26Cl2N4OS. The molecule has 1 aromatic carbocycles. The third-order valence-electron chi connectivity index (χ3n) is 4.35. The minimum atomic E-state index is 0. The number of amides is 1. The predicted molar refractivity (Wildman–Crippen MR) is 112 cm³/mol. The molecule has 0 aliphatic carbocycles. The van der Waals surface area contributed by atoms with Crippen LogP contribution in [0.25, 0.3) is 0 Å². The van der Waals surface area contributed by atoms with Crippen molar-refractivity contribution in [1.29, 1.82) is 0 Å². The van der Waals surface area contributed by atoms with Crippen molar-refractivity contribution in [1.82, 2.24) is 14.8 Å². The lowest BCUT2D eigenvalue weighted by Gasteiger charge is -2.39. The second-order valence-corrected chi connectivity index (χ2v) is 7.18. The summed E-state index contributed by atoms with van der Waals surface area (Å²) in [6, 6.07) is 10.7. The van der Waals surface area contributed by atoms with Gasteiger partial charge in [-0.1, -0.05) is 30.3 Å². The number of nitrogens with zero attached hydrogens (tertiary/aromatic N) is 3. The molecule has 0 radical (unpaired) electrons. The number of carbonyl (C=O) groups excluding carboxylic acids is 1. The number of benzene rings is 1. The second-order valence-electron chi connectivity index (χ2n) is 6.23. The molecule has 1 saturated heterocycles. The van der Waals surface area contributed by atoms with Crippen LogP contribution in [0.3, 0.4) is 0 Å². The molecule has 5 nitrogen and oxygen atoms in total. The molecule has 2 N–H and O–H groups in total. The van der Waals surface area contributed by atoms with Gasteiger partial charge in [-0.3, -0.25) is 9.69 Å². The Kier molecular flexibility index (Phi) is 9.54. The van der Waals surface area contributed by atoms with Crippen molar-refractivity contribution in [2.45, 2.75) is 25.9 Å². The van der Waals surface area contributed by atoms with E-state index in [4.69, 9.17) is 5.73 Å². The molecule has 0 bridgehead atoms. The zero-order valence-electron chi connectivity index (χ0n) is 14.8. The highest BCUT2D eigenvalue weighted by Gasteiger charge is 2.29. The molecule has 1 aliphatic rings. The third kappa shape index (κ3) is 5.66. The van der Waals surface area contributed by atoms with Gasteiger partial charge >= 0.3 is 0 Å². The number of hydrogen-bond donors (Lipinski definition) is 1. The molecule has 8 heteroatoms. The van der Waals surface area contributed by atoms with Gasteiger partial charge in [-0.15, -0.1) is 36.2 Å². The Morgan fingerprint density at radius 2 is 2.00 bits per heavy atom. The Labute approximate surface area is 171 Å². The fraction of sp³-hybridized carbons (Fsp3) is 0.444. The molecule has 3 rings (SSSR count). The van der Waals surface area contributed by atoms with Gasteiger partial charge in [-0.05, 0) is 19.0 Å². The van der Waals surface area contributed by atoms with Crippen LogP contribution in [0.5, 0.6) is 0 Å². The summed E-state index contributed by atoms with van der Waals surface area (Å²) < 4.78 is 0. The average molecular weight is 417 g/mol. The number of carbonyl (C=O) groups is 1. The molecule has 1 unspecified atom stereocenters. The van der Waals surface area contributed by atoms with Crippen LogP contribution >= 0.6 is 36.2 Å². The first-order valence-corrected chi connectivity index (χ1v) is 9.27. The monoisotopic (exact) mass is 416 g/mol. The summed E-state index contributed by atoms with van der Waals surface area (Å²) in [6.07, 6.45) is 0.734. The third-order valence-corrected chi connectivity index (χ3v) is 5.26. The van der Waals surface area contributed by atoms with Crippen LogP contribution < -0.4 is 5.73 Å². The topological polar surface area (TPSA) is 62.5 Å². The molecule has 2 aromatic rings. The average Bonchev–Trinajstić information content (AvgIpc) is 3.04. The normalized spacial score (nSPS) is 17.3. The van der Waals surface area contributed by atoms with E-state index in [1.807, 2.05) is 16.3 Å². The van der Waals surface area contributed by atoms with E-state index >= 15 is 0 Å². The van der Waals surface area contributed by atoms with Crippen LogP contribution in [0.15, 0.2) is 35.7 Å². The number of rotatable bonds is 5. The largest absolute Gasteiger partial charge is 0.332 e. The standard InChI is InChI=1S/C18H24N4OS.2ClH/c1-14-11-21(12-15-5-3-2-4-6-15)9-10-22(14)18(23)16-13-24-17(20-16)7-8-19;;/h2-6,13-14H,7-12,19H2,1H3;2*1H. The molecule has 0 saturated carbocycles. The van der Waals surface area contributed by atoms with Gasteiger partial charge in [0, 0.05) is 44.0 Å². The summed E-state index contributed by atoms with van der Waals surface area (Å²) in [5.41, 5.74) is 7.43. The van der Waals surface area contributed by atoms with Crippen molar-refractivity contribution in [3.63, 3.8) is 0 Å². The fourth-order valence-corrected chi connectivity index (χ4v) is 3.90. The SMILES string of the molecule is CC1CN(Cc2ccccc2)CCN1C(=O)c1csc(CCN)n1.Cl.Cl. The maximum absolute atomic E-state index is 12.7. The quantitative estimate of drug-likeness (QED) is 0.813. The highest BCUT2D eigenvalue weighted by atomic mass is 35.5. The molecular weight excluding hydrogens is 391 g/mol. The van der Waals surface area contributed by atoms with Crippen LogP contribution in [-0.2, 0) is 13.0 Å². The smallest absolute Gasteiger partial charge is 0.273 e. The maximum Gasteiger partial charge on any atom is 0.273 e. The summed E-state index contributed by atoms with van der Waals surface area (Å²) in [6.45, 7) is 6.14. The number of nitrogens with two attached hydrogens (primary N) is 1. The lowest BCUT2D eigenvalue weighted by molar-refractivity contribution is 0.0470. The Bertz CT molecular complexity index is 683. The van der Waals surface area contributed by atoms with Gasteiger partial charge < -0.3 is 10.6 Å². The summed E-state index contributed by atoms with van der Waals surface area (Å²) in [5.74, 6) is 0.0429. The summed E-state index contributed by atoms with van der Waals surface area (Å²) in [7, 11) is 0. The molecule has 1 fully saturated rings. The first-order chi connectivity index (χ1) is 11.7. The number of aromatic nitrogens is 1. The summed E-state index contributed by atoms with van der Waals surface area (Å²) in [5, 5.41) is 2.80.